The number of aromatic nitrogens is 4. The van der Waals surface area contributed by atoms with Gasteiger partial charge in [-0.3, -0.25) is 14.0 Å². The van der Waals surface area contributed by atoms with Gasteiger partial charge in [-0.1, -0.05) is 5.16 Å². The van der Waals surface area contributed by atoms with E-state index in [-0.39, 0.29) is 40.5 Å². The van der Waals surface area contributed by atoms with Crippen molar-refractivity contribution in [1.82, 2.24) is 29.3 Å². The van der Waals surface area contributed by atoms with Crippen LogP contribution < -0.4 is 4.74 Å². The van der Waals surface area contributed by atoms with Crippen LogP contribution in [0.15, 0.2) is 47.6 Å². The molecule has 5 heterocycles. The normalized spacial score (nSPS) is 17.8. The molecule has 0 radical (unpaired) electrons. The monoisotopic (exact) mass is 570 g/mol. The van der Waals surface area contributed by atoms with Crippen molar-refractivity contribution in [3.8, 4) is 22.9 Å². The van der Waals surface area contributed by atoms with Crippen LogP contribution >= 0.6 is 0 Å². The van der Waals surface area contributed by atoms with Crippen molar-refractivity contribution in [2.45, 2.75) is 19.5 Å². The number of benzene rings is 1. The first kappa shape index (κ1) is 26.7. The standard InChI is InChI=1S/C27H25F3N6O5/c1-16-12-18(2-3-19(16)26(38)35-9-7-34(8-10-35)25(37)17-4-11-39-14-17)41-24-23-32-13-21(36(23)6-5-31-24)20-15-40-33-22(20)27(28,29)30/h2-3,5-6,12-13,15,17H,4,7-11,14H2,1H3/t17-/m1/s1. The number of piperazine rings is 1. The number of rotatable bonds is 5. The molecule has 11 nitrogen and oxygen atoms in total. The summed E-state index contributed by atoms with van der Waals surface area (Å²) in [6.45, 7) is 4.67. The molecule has 0 N–H and O–H groups in total. The second kappa shape index (κ2) is 10.5. The zero-order valence-electron chi connectivity index (χ0n) is 21.9. The van der Waals surface area contributed by atoms with Gasteiger partial charge < -0.3 is 23.8 Å². The second-order valence-electron chi connectivity index (χ2n) is 9.90. The van der Waals surface area contributed by atoms with Gasteiger partial charge in [0.15, 0.2) is 5.69 Å². The lowest BCUT2D eigenvalue weighted by atomic mass is 10.1. The molecule has 0 aliphatic carbocycles. The van der Waals surface area contributed by atoms with Gasteiger partial charge >= 0.3 is 6.18 Å². The van der Waals surface area contributed by atoms with Gasteiger partial charge in [-0.05, 0) is 37.1 Å². The van der Waals surface area contributed by atoms with E-state index >= 15 is 0 Å². The first-order valence-corrected chi connectivity index (χ1v) is 13.0. The molecule has 2 aliphatic rings. The highest BCUT2D eigenvalue weighted by molar-refractivity contribution is 5.96. The van der Waals surface area contributed by atoms with Crippen LogP contribution in [0.25, 0.3) is 16.9 Å². The Morgan fingerprint density at radius 1 is 1.10 bits per heavy atom. The summed E-state index contributed by atoms with van der Waals surface area (Å²) in [7, 11) is 0. The number of amides is 2. The van der Waals surface area contributed by atoms with Crippen LogP contribution in [0.1, 0.15) is 28.0 Å². The Morgan fingerprint density at radius 2 is 1.88 bits per heavy atom. The number of halogens is 3. The van der Waals surface area contributed by atoms with Crippen molar-refractivity contribution < 1.29 is 36.8 Å². The SMILES string of the molecule is Cc1cc(Oc2nccn3c(-c4conc4C(F)(F)F)cnc23)ccc1C(=O)N1CCN(C(=O)[C@@H]2CCOC2)CC1. The molecule has 2 aliphatic heterocycles. The van der Waals surface area contributed by atoms with E-state index < -0.39 is 11.9 Å². The predicted molar refractivity (Wildman–Crippen MR) is 136 cm³/mol. The second-order valence-corrected chi connectivity index (χ2v) is 9.90. The predicted octanol–water partition coefficient (Wildman–Crippen LogP) is 3.82. The lowest BCUT2D eigenvalue weighted by molar-refractivity contribution is -0.142. The highest BCUT2D eigenvalue weighted by atomic mass is 19.4. The van der Waals surface area contributed by atoms with E-state index in [2.05, 4.69) is 19.6 Å². The molecule has 1 aromatic carbocycles. The molecule has 4 aromatic rings. The third-order valence-electron chi connectivity index (χ3n) is 7.31. The number of fused-ring (bicyclic) bond motifs is 1. The molecular formula is C27H25F3N6O5. The van der Waals surface area contributed by atoms with Gasteiger partial charge in [-0.25, -0.2) is 9.97 Å². The molecule has 214 valence electrons. The smallest absolute Gasteiger partial charge is 0.436 e. The third-order valence-corrected chi connectivity index (χ3v) is 7.31. The summed E-state index contributed by atoms with van der Waals surface area (Å²) >= 11 is 0. The fourth-order valence-electron chi connectivity index (χ4n) is 5.13. The molecule has 0 unspecified atom stereocenters. The minimum atomic E-state index is -4.70. The van der Waals surface area contributed by atoms with Crippen molar-refractivity contribution in [3.05, 3.63) is 59.9 Å². The van der Waals surface area contributed by atoms with Gasteiger partial charge in [0.2, 0.25) is 11.6 Å². The number of imidazole rings is 1. The van der Waals surface area contributed by atoms with Crippen LogP contribution in [0.4, 0.5) is 13.2 Å². The summed E-state index contributed by atoms with van der Waals surface area (Å²) in [5.74, 6) is 0.288. The summed E-state index contributed by atoms with van der Waals surface area (Å²) < 4.78 is 57.3. The minimum Gasteiger partial charge on any atom is -0.436 e. The summed E-state index contributed by atoms with van der Waals surface area (Å²) in [6.07, 6.45) is 1.04. The Kier molecular flexibility index (Phi) is 6.85. The van der Waals surface area contributed by atoms with Crippen molar-refractivity contribution >= 4 is 17.5 Å². The number of ether oxygens (including phenoxy) is 2. The Hall–Kier alpha value is -4.46. The van der Waals surface area contributed by atoms with Crippen molar-refractivity contribution in [3.63, 3.8) is 0 Å². The largest absolute Gasteiger partial charge is 0.437 e. The number of hydrogen-bond acceptors (Lipinski definition) is 8. The van der Waals surface area contributed by atoms with Crippen LogP contribution in [0.3, 0.4) is 0 Å². The van der Waals surface area contributed by atoms with Gasteiger partial charge in [0.05, 0.1) is 30.0 Å². The van der Waals surface area contributed by atoms with Gasteiger partial charge in [0.25, 0.3) is 11.8 Å². The van der Waals surface area contributed by atoms with Gasteiger partial charge in [-0.15, -0.1) is 0 Å². The van der Waals surface area contributed by atoms with Crippen molar-refractivity contribution in [2.24, 2.45) is 5.92 Å². The molecule has 14 heteroatoms. The Labute approximate surface area is 231 Å². The Morgan fingerprint density at radius 3 is 2.59 bits per heavy atom. The molecule has 0 saturated carbocycles. The zero-order chi connectivity index (χ0) is 28.7. The minimum absolute atomic E-state index is 0.0655. The maximum atomic E-state index is 13.4. The molecule has 2 saturated heterocycles. The molecule has 41 heavy (non-hydrogen) atoms. The quantitative estimate of drug-likeness (QED) is 0.356. The van der Waals surface area contributed by atoms with Crippen LogP contribution in [0, 0.1) is 12.8 Å². The maximum absolute atomic E-state index is 13.4. The first-order valence-electron chi connectivity index (χ1n) is 13.0. The fraction of sp³-hybridized carbons (Fsp3) is 0.370. The number of alkyl halides is 3. The van der Waals surface area contributed by atoms with Crippen LogP contribution in [0.2, 0.25) is 0 Å². The van der Waals surface area contributed by atoms with E-state index in [9.17, 15) is 22.8 Å². The Balaban J connectivity index is 1.16. The lowest BCUT2D eigenvalue weighted by Crippen LogP contribution is -2.52. The van der Waals surface area contributed by atoms with Crippen LogP contribution in [0.5, 0.6) is 11.6 Å². The van der Waals surface area contributed by atoms with E-state index in [1.54, 1.807) is 34.9 Å². The first-order chi connectivity index (χ1) is 19.7. The number of carbonyl (C=O) groups is 2. The average Bonchev–Trinajstić information content (AvgIpc) is 3.73. The lowest BCUT2D eigenvalue weighted by Gasteiger charge is -2.36. The zero-order valence-corrected chi connectivity index (χ0v) is 21.9. The van der Waals surface area contributed by atoms with Gasteiger partial charge in [0.1, 0.15) is 12.0 Å². The molecule has 6 rings (SSSR count). The fourth-order valence-corrected chi connectivity index (χ4v) is 5.13. The average molecular weight is 571 g/mol. The summed E-state index contributed by atoms with van der Waals surface area (Å²) in [5, 5.41) is 3.09. The summed E-state index contributed by atoms with van der Waals surface area (Å²) in [5.41, 5.74) is 0.0409. The van der Waals surface area contributed by atoms with E-state index in [1.165, 1.54) is 23.0 Å². The molecule has 0 bridgehead atoms. The van der Waals surface area contributed by atoms with Crippen molar-refractivity contribution in [2.75, 3.05) is 39.4 Å². The van der Waals surface area contributed by atoms with E-state index in [0.29, 0.717) is 56.3 Å². The van der Waals surface area contributed by atoms with Crippen molar-refractivity contribution in [1.29, 1.82) is 0 Å². The number of nitrogens with zero attached hydrogens (tertiary/aromatic N) is 6. The van der Waals surface area contributed by atoms with E-state index in [0.717, 1.165) is 12.7 Å². The molecule has 0 spiro atoms. The highest BCUT2D eigenvalue weighted by Gasteiger charge is 2.39. The number of hydrogen-bond donors (Lipinski definition) is 0. The molecule has 1 atom stereocenters. The highest BCUT2D eigenvalue weighted by Crippen LogP contribution is 2.37. The van der Waals surface area contributed by atoms with Crippen LogP contribution in [-0.2, 0) is 15.7 Å². The topological polar surface area (TPSA) is 115 Å². The van der Waals surface area contributed by atoms with E-state index in [1.807, 2.05) is 0 Å². The molecule has 2 fully saturated rings. The van der Waals surface area contributed by atoms with Crippen LogP contribution in [-0.4, -0.2) is 80.5 Å². The molecular weight excluding hydrogens is 545 g/mol. The Bertz CT molecular complexity index is 1600. The number of aryl methyl sites for hydroxylation is 1. The molecule has 2 amide bonds. The third kappa shape index (κ3) is 5.10. The van der Waals surface area contributed by atoms with Gasteiger partial charge in [0, 0.05) is 50.7 Å². The maximum Gasteiger partial charge on any atom is 0.437 e. The summed E-state index contributed by atoms with van der Waals surface area (Å²) in [4.78, 5) is 37.8. The molecule has 3 aromatic heterocycles. The van der Waals surface area contributed by atoms with Gasteiger partial charge in [-0.2, -0.15) is 13.2 Å². The summed E-state index contributed by atoms with van der Waals surface area (Å²) in [6, 6.07) is 4.96. The van der Waals surface area contributed by atoms with E-state index in [4.69, 9.17) is 9.47 Å². The number of carbonyl (C=O) groups excluding carboxylic acids is 2.